The molecule has 0 saturated carbocycles. The highest BCUT2D eigenvalue weighted by molar-refractivity contribution is 6.25. The van der Waals surface area contributed by atoms with Crippen LogP contribution >= 0.6 is 0 Å². The maximum atomic E-state index is 12.8. The van der Waals surface area contributed by atoms with Crippen molar-refractivity contribution in [2.75, 3.05) is 18.6 Å². The van der Waals surface area contributed by atoms with Gasteiger partial charge in [0.2, 0.25) is 5.91 Å². The highest BCUT2D eigenvalue weighted by atomic mass is 16.5. The van der Waals surface area contributed by atoms with Gasteiger partial charge in [-0.25, -0.2) is 0 Å². The van der Waals surface area contributed by atoms with Crippen LogP contribution in [0.5, 0.6) is 11.5 Å². The molecule has 3 aromatic carbocycles. The van der Waals surface area contributed by atoms with Gasteiger partial charge in [0.05, 0.1) is 18.9 Å². The van der Waals surface area contributed by atoms with Crippen LogP contribution in [0.1, 0.15) is 42.6 Å². The Morgan fingerprint density at radius 2 is 1.84 bits per heavy atom. The van der Waals surface area contributed by atoms with Crippen molar-refractivity contribution in [2.45, 2.75) is 39.3 Å². The standard InChI is InChI=1S/C26H28N2O4/c1-17(2)32-22-13-12-18(15-23(22)31-3)16-27-24(29)11-6-14-28-21-10-5-8-19-7-4-9-20(25(19)21)26(28)30/h4-5,7-10,12-13,15,17H,6,11,14,16H2,1-3H3,(H,27,29). The average molecular weight is 433 g/mol. The molecule has 3 aromatic rings. The molecule has 0 aliphatic carbocycles. The molecule has 0 saturated heterocycles. The second kappa shape index (κ2) is 9.30. The van der Waals surface area contributed by atoms with Crippen LogP contribution in [0.25, 0.3) is 10.8 Å². The van der Waals surface area contributed by atoms with Crippen molar-refractivity contribution >= 4 is 28.3 Å². The van der Waals surface area contributed by atoms with Crippen LogP contribution in [-0.2, 0) is 11.3 Å². The van der Waals surface area contributed by atoms with Crippen LogP contribution in [0.15, 0.2) is 54.6 Å². The smallest absolute Gasteiger partial charge is 0.258 e. The van der Waals surface area contributed by atoms with E-state index in [-0.39, 0.29) is 17.9 Å². The quantitative estimate of drug-likeness (QED) is 0.533. The molecule has 6 nitrogen and oxygen atoms in total. The van der Waals surface area contributed by atoms with E-state index in [1.54, 1.807) is 12.0 Å². The van der Waals surface area contributed by atoms with Gasteiger partial charge in [0.1, 0.15) is 0 Å². The minimum Gasteiger partial charge on any atom is -0.493 e. The highest BCUT2D eigenvalue weighted by Crippen LogP contribution is 2.37. The van der Waals surface area contributed by atoms with Crippen molar-refractivity contribution in [3.8, 4) is 11.5 Å². The summed E-state index contributed by atoms with van der Waals surface area (Å²) in [5, 5.41) is 5.01. The second-order valence-corrected chi connectivity index (χ2v) is 8.17. The molecule has 0 aromatic heterocycles. The Labute approximate surface area is 188 Å². The van der Waals surface area contributed by atoms with Crippen molar-refractivity contribution in [3.63, 3.8) is 0 Å². The van der Waals surface area contributed by atoms with Gasteiger partial charge in [0, 0.05) is 30.5 Å². The molecule has 0 radical (unpaired) electrons. The van der Waals surface area contributed by atoms with Crippen LogP contribution in [0.4, 0.5) is 5.69 Å². The number of hydrogen-bond acceptors (Lipinski definition) is 4. The molecular weight excluding hydrogens is 404 g/mol. The van der Waals surface area contributed by atoms with E-state index in [4.69, 9.17) is 9.47 Å². The molecule has 1 N–H and O–H groups in total. The topological polar surface area (TPSA) is 67.9 Å². The predicted octanol–water partition coefficient (Wildman–Crippen LogP) is 4.69. The number of carbonyl (C=O) groups is 2. The first-order chi connectivity index (χ1) is 15.5. The third kappa shape index (κ3) is 4.40. The van der Waals surface area contributed by atoms with E-state index >= 15 is 0 Å². The van der Waals surface area contributed by atoms with Gasteiger partial charge in [-0.15, -0.1) is 0 Å². The lowest BCUT2D eigenvalue weighted by molar-refractivity contribution is -0.121. The maximum Gasteiger partial charge on any atom is 0.258 e. The maximum absolute atomic E-state index is 12.8. The van der Waals surface area contributed by atoms with Crippen molar-refractivity contribution in [3.05, 3.63) is 65.7 Å². The van der Waals surface area contributed by atoms with Gasteiger partial charge in [-0.1, -0.05) is 30.3 Å². The molecule has 166 valence electrons. The SMILES string of the molecule is COc1cc(CNC(=O)CCCN2C(=O)c3cccc4cccc2c34)ccc1OC(C)C. The Morgan fingerprint density at radius 3 is 2.59 bits per heavy atom. The highest BCUT2D eigenvalue weighted by Gasteiger charge is 2.28. The number of ether oxygens (including phenoxy) is 2. The van der Waals surface area contributed by atoms with Crippen molar-refractivity contribution in [2.24, 2.45) is 0 Å². The van der Waals surface area contributed by atoms with Crippen LogP contribution in [0.2, 0.25) is 0 Å². The molecule has 0 unspecified atom stereocenters. The second-order valence-electron chi connectivity index (χ2n) is 8.17. The molecule has 1 aliphatic rings. The van der Waals surface area contributed by atoms with Crippen molar-refractivity contribution in [1.29, 1.82) is 0 Å². The van der Waals surface area contributed by atoms with E-state index in [2.05, 4.69) is 5.32 Å². The van der Waals surface area contributed by atoms with E-state index in [0.717, 1.165) is 27.6 Å². The summed E-state index contributed by atoms with van der Waals surface area (Å²) in [6.45, 7) is 4.84. The number of hydrogen-bond donors (Lipinski definition) is 1. The summed E-state index contributed by atoms with van der Waals surface area (Å²) in [5.41, 5.74) is 2.60. The first kappa shape index (κ1) is 21.7. The number of benzene rings is 3. The van der Waals surface area contributed by atoms with Gasteiger partial charge in [0.25, 0.3) is 5.91 Å². The summed E-state index contributed by atoms with van der Waals surface area (Å²) in [7, 11) is 1.60. The molecule has 2 amide bonds. The molecule has 32 heavy (non-hydrogen) atoms. The minimum atomic E-state index is -0.0474. The lowest BCUT2D eigenvalue weighted by Crippen LogP contribution is -2.29. The van der Waals surface area contributed by atoms with E-state index in [1.165, 1.54) is 0 Å². The zero-order chi connectivity index (χ0) is 22.7. The fourth-order valence-electron chi connectivity index (χ4n) is 4.06. The Kier molecular flexibility index (Phi) is 6.30. The lowest BCUT2D eigenvalue weighted by atomic mass is 10.1. The summed E-state index contributed by atoms with van der Waals surface area (Å²) in [6, 6.07) is 17.4. The van der Waals surface area contributed by atoms with Gasteiger partial charge < -0.3 is 19.7 Å². The first-order valence-corrected chi connectivity index (χ1v) is 10.9. The molecule has 0 spiro atoms. The Bertz CT molecular complexity index is 1150. The summed E-state index contributed by atoms with van der Waals surface area (Å²) < 4.78 is 11.1. The number of methoxy groups -OCH3 is 1. The Morgan fingerprint density at radius 1 is 1.06 bits per heavy atom. The molecular formula is C26H28N2O4. The van der Waals surface area contributed by atoms with Crippen LogP contribution in [0.3, 0.4) is 0 Å². The molecule has 1 heterocycles. The summed E-state index contributed by atoms with van der Waals surface area (Å²) in [5.74, 6) is 1.29. The summed E-state index contributed by atoms with van der Waals surface area (Å²) in [6.07, 6.45) is 0.991. The molecule has 0 fully saturated rings. The minimum absolute atomic E-state index is 0.00742. The normalized spacial score (nSPS) is 12.5. The average Bonchev–Trinajstić information content (AvgIpc) is 3.06. The number of nitrogens with one attached hydrogen (secondary N) is 1. The largest absolute Gasteiger partial charge is 0.493 e. The number of rotatable bonds is 9. The van der Waals surface area contributed by atoms with Gasteiger partial charge in [-0.05, 0) is 55.5 Å². The number of anilines is 1. The zero-order valence-corrected chi connectivity index (χ0v) is 18.7. The molecule has 4 rings (SSSR count). The van der Waals surface area contributed by atoms with Gasteiger partial charge in [-0.2, -0.15) is 0 Å². The number of carbonyl (C=O) groups excluding carboxylic acids is 2. The van der Waals surface area contributed by atoms with Gasteiger partial charge in [-0.3, -0.25) is 9.59 Å². The van der Waals surface area contributed by atoms with Crippen LogP contribution < -0.4 is 19.7 Å². The first-order valence-electron chi connectivity index (χ1n) is 10.9. The fourth-order valence-corrected chi connectivity index (χ4v) is 4.06. The summed E-state index contributed by atoms with van der Waals surface area (Å²) in [4.78, 5) is 27.0. The number of amides is 2. The zero-order valence-electron chi connectivity index (χ0n) is 18.7. The van der Waals surface area contributed by atoms with E-state index in [0.29, 0.717) is 37.4 Å². The van der Waals surface area contributed by atoms with E-state index in [9.17, 15) is 9.59 Å². The van der Waals surface area contributed by atoms with E-state index in [1.807, 2.05) is 68.4 Å². The summed E-state index contributed by atoms with van der Waals surface area (Å²) >= 11 is 0. The molecule has 0 atom stereocenters. The Balaban J connectivity index is 1.30. The van der Waals surface area contributed by atoms with Crippen molar-refractivity contribution < 1.29 is 19.1 Å². The van der Waals surface area contributed by atoms with Gasteiger partial charge in [0.15, 0.2) is 11.5 Å². The van der Waals surface area contributed by atoms with E-state index < -0.39 is 0 Å². The lowest BCUT2D eigenvalue weighted by Gasteiger charge is -2.17. The molecule has 0 bridgehead atoms. The Hall–Kier alpha value is -3.54. The monoisotopic (exact) mass is 432 g/mol. The third-order valence-electron chi connectivity index (χ3n) is 5.52. The molecule has 6 heteroatoms. The third-order valence-corrected chi connectivity index (χ3v) is 5.52. The van der Waals surface area contributed by atoms with Crippen molar-refractivity contribution in [1.82, 2.24) is 5.32 Å². The predicted molar refractivity (Wildman–Crippen MR) is 125 cm³/mol. The molecule has 1 aliphatic heterocycles. The van der Waals surface area contributed by atoms with Crippen LogP contribution in [-0.4, -0.2) is 31.6 Å². The fraction of sp³-hybridized carbons (Fsp3) is 0.308. The number of nitrogens with zero attached hydrogens (tertiary/aromatic N) is 1. The van der Waals surface area contributed by atoms with Gasteiger partial charge >= 0.3 is 0 Å². The van der Waals surface area contributed by atoms with Crippen LogP contribution in [0, 0.1) is 0 Å².